The number of halogens is 2. The SMILES string of the molecule is CC(C)(CCN)C[C@@H](CNc1cc(F)c(S(=O)(=O)Nc2ncns2)cc1Cl)[C@H](N)CC1CC1. The summed E-state index contributed by atoms with van der Waals surface area (Å²) in [6.07, 6.45) is 6.35. The number of benzene rings is 1. The molecule has 0 aliphatic heterocycles. The molecular formula is C21H32ClFN6O2S2. The normalized spacial score (nSPS) is 16.4. The minimum absolute atomic E-state index is 0.00132. The fraction of sp³-hybridized carbons (Fsp3) is 0.619. The van der Waals surface area contributed by atoms with Crippen molar-refractivity contribution >= 4 is 44.0 Å². The van der Waals surface area contributed by atoms with Crippen molar-refractivity contribution in [3.05, 3.63) is 29.3 Å². The monoisotopic (exact) mass is 518 g/mol. The molecule has 1 aromatic heterocycles. The molecule has 3 rings (SSSR count). The number of hydrogen-bond donors (Lipinski definition) is 4. The highest BCUT2D eigenvalue weighted by Crippen LogP contribution is 2.38. The molecule has 1 fully saturated rings. The lowest BCUT2D eigenvalue weighted by molar-refractivity contribution is 0.228. The van der Waals surface area contributed by atoms with Crippen molar-refractivity contribution in [2.24, 2.45) is 28.7 Å². The van der Waals surface area contributed by atoms with Gasteiger partial charge in [-0.2, -0.15) is 4.37 Å². The molecule has 1 saturated carbocycles. The average Bonchev–Trinajstić information content (AvgIpc) is 3.39. The van der Waals surface area contributed by atoms with Crippen LogP contribution < -0.4 is 21.5 Å². The Bertz CT molecular complexity index is 1030. The molecule has 1 aromatic carbocycles. The summed E-state index contributed by atoms with van der Waals surface area (Å²) in [4.78, 5) is 3.20. The quantitative estimate of drug-likeness (QED) is 0.314. The molecule has 12 heteroatoms. The number of hydrogen-bond acceptors (Lipinski definition) is 8. The summed E-state index contributed by atoms with van der Waals surface area (Å²) in [5, 5.41) is 3.34. The topological polar surface area (TPSA) is 136 Å². The molecule has 0 saturated heterocycles. The molecule has 1 aliphatic carbocycles. The first-order chi connectivity index (χ1) is 15.5. The number of anilines is 2. The van der Waals surface area contributed by atoms with E-state index in [0.717, 1.165) is 42.9 Å². The Morgan fingerprint density at radius 3 is 2.70 bits per heavy atom. The van der Waals surface area contributed by atoms with E-state index >= 15 is 0 Å². The summed E-state index contributed by atoms with van der Waals surface area (Å²) < 4.78 is 45.8. The summed E-state index contributed by atoms with van der Waals surface area (Å²) >= 11 is 7.18. The maximum atomic E-state index is 14.8. The first-order valence-electron chi connectivity index (χ1n) is 11.0. The van der Waals surface area contributed by atoms with E-state index in [9.17, 15) is 12.8 Å². The maximum absolute atomic E-state index is 14.8. The Balaban J connectivity index is 1.74. The minimum Gasteiger partial charge on any atom is -0.383 e. The van der Waals surface area contributed by atoms with Crippen LogP contribution in [0.4, 0.5) is 15.2 Å². The number of aromatic nitrogens is 2. The van der Waals surface area contributed by atoms with Gasteiger partial charge in [-0.15, -0.1) is 0 Å². The van der Waals surface area contributed by atoms with Crippen molar-refractivity contribution in [2.75, 3.05) is 23.1 Å². The van der Waals surface area contributed by atoms with E-state index in [0.29, 0.717) is 24.7 Å². The molecule has 0 amide bonds. The van der Waals surface area contributed by atoms with Gasteiger partial charge in [0.2, 0.25) is 5.13 Å². The predicted octanol–water partition coefficient (Wildman–Crippen LogP) is 4.05. The summed E-state index contributed by atoms with van der Waals surface area (Å²) in [5.74, 6) is -0.0962. The van der Waals surface area contributed by atoms with Gasteiger partial charge in [-0.1, -0.05) is 38.3 Å². The van der Waals surface area contributed by atoms with E-state index in [-0.39, 0.29) is 27.5 Å². The molecule has 6 N–H and O–H groups in total. The molecule has 0 unspecified atom stereocenters. The largest absolute Gasteiger partial charge is 0.383 e. The molecule has 33 heavy (non-hydrogen) atoms. The molecule has 0 radical (unpaired) electrons. The Morgan fingerprint density at radius 1 is 1.36 bits per heavy atom. The Labute approximate surface area is 203 Å². The molecule has 8 nitrogen and oxygen atoms in total. The van der Waals surface area contributed by atoms with Crippen molar-refractivity contribution in [3.63, 3.8) is 0 Å². The van der Waals surface area contributed by atoms with Gasteiger partial charge in [0, 0.05) is 24.1 Å². The van der Waals surface area contributed by atoms with E-state index in [1.54, 1.807) is 0 Å². The average molecular weight is 519 g/mol. The minimum atomic E-state index is -4.20. The smallest absolute Gasteiger partial charge is 0.266 e. The molecule has 184 valence electrons. The second kappa shape index (κ2) is 10.8. The van der Waals surface area contributed by atoms with Crippen LogP contribution in [0.5, 0.6) is 0 Å². The third kappa shape index (κ3) is 7.48. The lowest BCUT2D eigenvalue weighted by Crippen LogP contribution is -2.38. The van der Waals surface area contributed by atoms with E-state index in [2.05, 4.69) is 33.2 Å². The molecule has 2 atom stereocenters. The second-order valence-corrected chi connectivity index (χ2v) is 12.3. The highest BCUT2D eigenvalue weighted by atomic mass is 35.5. The van der Waals surface area contributed by atoms with Crippen molar-refractivity contribution < 1.29 is 12.8 Å². The summed E-state index contributed by atoms with van der Waals surface area (Å²) in [7, 11) is -4.20. The van der Waals surface area contributed by atoms with Gasteiger partial charge in [0.15, 0.2) is 0 Å². The summed E-state index contributed by atoms with van der Waals surface area (Å²) in [6.45, 7) is 5.45. The van der Waals surface area contributed by atoms with E-state index in [4.69, 9.17) is 23.1 Å². The first kappa shape index (κ1) is 26.1. The zero-order chi connectivity index (χ0) is 24.2. The van der Waals surface area contributed by atoms with Crippen molar-refractivity contribution in [3.8, 4) is 0 Å². The van der Waals surface area contributed by atoms with Crippen LogP contribution in [-0.4, -0.2) is 36.9 Å². The zero-order valence-corrected chi connectivity index (χ0v) is 21.2. The molecule has 0 bridgehead atoms. The van der Waals surface area contributed by atoms with Gasteiger partial charge in [-0.05, 0) is 55.2 Å². The predicted molar refractivity (Wildman–Crippen MR) is 131 cm³/mol. The second-order valence-electron chi connectivity index (χ2n) is 9.51. The molecular weight excluding hydrogens is 487 g/mol. The Kier molecular flexibility index (Phi) is 8.55. The number of nitrogens with two attached hydrogens (primary N) is 2. The van der Waals surface area contributed by atoms with Crippen LogP contribution in [0.2, 0.25) is 5.02 Å². The van der Waals surface area contributed by atoms with Gasteiger partial charge in [0.05, 0.1) is 10.7 Å². The van der Waals surface area contributed by atoms with Crippen LogP contribution >= 0.6 is 23.1 Å². The lowest BCUT2D eigenvalue weighted by atomic mass is 9.76. The highest BCUT2D eigenvalue weighted by Gasteiger charge is 2.31. The van der Waals surface area contributed by atoms with E-state index in [1.807, 2.05) is 0 Å². The van der Waals surface area contributed by atoms with Crippen molar-refractivity contribution in [1.82, 2.24) is 9.36 Å². The molecule has 1 heterocycles. The number of nitrogens with one attached hydrogen (secondary N) is 2. The highest BCUT2D eigenvalue weighted by molar-refractivity contribution is 7.93. The van der Waals surface area contributed by atoms with E-state index < -0.39 is 20.7 Å². The molecule has 0 spiro atoms. The van der Waals surface area contributed by atoms with Crippen LogP contribution in [-0.2, 0) is 10.0 Å². The first-order valence-corrected chi connectivity index (χ1v) is 13.6. The van der Waals surface area contributed by atoms with Gasteiger partial charge in [-0.3, -0.25) is 4.72 Å². The Morgan fingerprint density at radius 2 is 2.09 bits per heavy atom. The van der Waals surface area contributed by atoms with Crippen LogP contribution in [0.1, 0.15) is 46.0 Å². The summed E-state index contributed by atoms with van der Waals surface area (Å²) in [6, 6.07) is 2.20. The van der Waals surface area contributed by atoms with Crippen molar-refractivity contribution in [1.29, 1.82) is 0 Å². The van der Waals surface area contributed by atoms with Gasteiger partial charge in [-0.25, -0.2) is 17.8 Å². The molecule has 2 aromatic rings. The summed E-state index contributed by atoms with van der Waals surface area (Å²) in [5.41, 5.74) is 12.7. The van der Waals surface area contributed by atoms with Crippen molar-refractivity contribution in [2.45, 2.75) is 56.9 Å². The third-order valence-corrected chi connectivity index (χ3v) is 8.37. The van der Waals surface area contributed by atoms with Crippen LogP contribution in [0.15, 0.2) is 23.4 Å². The van der Waals surface area contributed by atoms with E-state index in [1.165, 1.54) is 19.2 Å². The zero-order valence-electron chi connectivity index (χ0n) is 18.9. The van der Waals surface area contributed by atoms with Gasteiger partial charge in [0.1, 0.15) is 17.0 Å². The third-order valence-electron chi connectivity index (χ3n) is 5.99. The number of rotatable bonds is 13. The fourth-order valence-electron chi connectivity index (χ4n) is 4.01. The fourth-order valence-corrected chi connectivity index (χ4v) is 6.05. The van der Waals surface area contributed by atoms with Gasteiger partial charge >= 0.3 is 0 Å². The molecule has 1 aliphatic rings. The Hall–Kier alpha value is -1.53. The van der Waals surface area contributed by atoms with Crippen LogP contribution in [0, 0.1) is 23.1 Å². The van der Waals surface area contributed by atoms with Crippen LogP contribution in [0.3, 0.4) is 0 Å². The van der Waals surface area contributed by atoms with Crippen LogP contribution in [0.25, 0.3) is 0 Å². The standard InChI is InChI=1S/C21H32ClFN6O2S2/c1-21(2,5-6-24)10-14(17(25)7-13-3-4-13)11-26-18-9-16(23)19(8-15(18)22)33(30,31)29-20-27-12-28-32-20/h8-9,12-14,17,26H,3-7,10-11,24-25H2,1-2H3,(H,27,28,29)/t14-,17+/m0/s1. The lowest BCUT2D eigenvalue weighted by Gasteiger charge is -2.33. The number of nitrogens with zero attached hydrogens (tertiary/aromatic N) is 2. The van der Waals surface area contributed by atoms with Gasteiger partial charge in [0.25, 0.3) is 10.0 Å². The number of sulfonamides is 1. The van der Waals surface area contributed by atoms with Gasteiger partial charge < -0.3 is 16.8 Å². The maximum Gasteiger partial charge on any atom is 0.266 e.